The molecular formula is C12H18N4O4. The van der Waals surface area contributed by atoms with E-state index in [1.807, 2.05) is 0 Å². The minimum atomic E-state index is -0.980. The number of nitrogens with one attached hydrogen (secondary N) is 2. The fourth-order valence-corrected chi connectivity index (χ4v) is 2.09. The molecule has 0 bridgehead atoms. The molecule has 3 N–H and O–H groups in total. The molecule has 2 rings (SSSR count). The Hall–Kier alpha value is -1.93. The molecule has 1 aliphatic heterocycles. The van der Waals surface area contributed by atoms with E-state index in [-0.39, 0.29) is 18.3 Å². The summed E-state index contributed by atoms with van der Waals surface area (Å²) in [7, 11) is 1.64. The van der Waals surface area contributed by atoms with Crippen LogP contribution in [0.1, 0.15) is 13.3 Å². The fraction of sp³-hybridized carbons (Fsp3) is 0.583. The topological polar surface area (TPSA) is 110 Å². The van der Waals surface area contributed by atoms with Crippen LogP contribution in [0.3, 0.4) is 0 Å². The highest BCUT2D eigenvalue weighted by molar-refractivity contribution is 5.54. The minimum absolute atomic E-state index is 0.0606. The normalized spacial score (nSPS) is 25.4. The number of nitro groups is 1. The van der Waals surface area contributed by atoms with Crippen molar-refractivity contribution in [3.63, 3.8) is 0 Å². The van der Waals surface area contributed by atoms with Crippen LogP contribution in [0.25, 0.3) is 0 Å². The summed E-state index contributed by atoms with van der Waals surface area (Å²) in [5.74, 6) is 0.737. The maximum absolute atomic E-state index is 10.8. The third-order valence-corrected chi connectivity index (χ3v) is 3.51. The van der Waals surface area contributed by atoms with Crippen LogP contribution in [-0.4, -0.2) is 46.9 Å². The molecular weight excluding hydrogens is 264 g/mol. The van der Waals surface area contributed by atoms with Gasteiger partial charge in [0.1, 0.15) is 17.2 Å². The molecule has 1 saturated heterocycles. The molecule has 2 atom stereocenters. The fourth-order valence-electron chi connectivity index (χ4n) is 2.09. The molecule has 20 heavy (non-hydrogen) atoms. The molecule has 110 valence electrons. The third-order valence-electron chi connectivity index (χ3n) is 3.51. The first-order chi connectivity index (χ1) is 9.44. The Labute approximate surface area is 116 Å². The molecule has 1 aliphatic rings. The van der Waals surface area contributed by atoms with Gasteiger partial charge in [-0.2, -0.15) is 0 Å². The number of anilines is 2. The second kappa shape index (κ2) is 5.59. The van der Waals surface area contributed by atoms with Gasteiger partial charge in [-0.05, 0) is 6.92 Å². The SMILES string of the molecule is CNc1cc([N+](=O)[O-])cc(NCC2(O)CCOC2C)n1. The van der Waals surface area contributed by atoms with Crippen LogP contribution in [0.4, 0.5) is 17.3 Å². The van der Waals surface area contributed by atoms with E-state index < -0.39 is 10.5 Å². The molecule has 0 radical (unpaired) electrons. The second-order valence-corrected chi connectivity index (χ2v) is 4.82. The van der Waals surface area contributed by atoms with E-state index in [0.717, 1.165) is 0 Å². The molecule has 1 aromatic heterocycles. The van der Waals surface area contributed by atoms with E-state index in [4.69, 9.17) is 4.74 Å². The highest BCUT2D eigenvalue weighted by Crippen LogP contribution is 2.27. The van der Waals surface area contributed by atoms with E-state index in [9.17, 15) is 15.2 Å². The number of hydrogen-bond acceptors (Lipinski definition) is 7. The number of pyridine rings is 1. The number of aromatic nitrogens is 1. The number of hydrogen-bond donors (Lipinski definition) is 3. The number of rotatable bonds is 5. The Morgan fingerprint density at radius 3 is 2.85 bits per heavy atom. The predicted molar refractivity (Wildman–Crippen MR) is 73.9 cm³/mol. The van der Waals surface area contributed by atoms with E-state index in [1.165, 1.54) is 12.1 Å². The highest BCUT2D eigenvalue weighted by atomic mass is 16.6. The van der Waals surface area contributed by atoms with Crippen molar-refractivity contribution >= 4 is 17.3 Å². The van der Waals surface area contributed by atoms with E-state index in [1.54, 1.807) is 14.0 Å². The molecule has 8 nitrogen and oxygen atoms in total. The van der Waals surface area contributed by atoms with Gasteiger partial charge < -0.3 is 20.5 Å². The first kappa shape index (κ1) is 14.5. The van der Waals surface area contributed by atoms with Crippen LogP contribution in [0.5, 0.6) is 0 Å². The highest BCUT2D eigenvalue weighted by Gasteiger charge is 2.39. The first-order valence-corrected chi connectivity index (χ1v) is 6.37. The largest absolute Gasteiger partial charge is 0.385 e. The van der Waals surface area contributed by atoms with Crippen molar-refractivity contribution in [1.82, 2.24) is 4.98 Å². The molecule has 0 spiro atoms. The van der Waals surface area contributed by atoms with E-state index in [0.29, 0.717) is 24.7 Å². The first-order valence-electron chi connectivity index (χ1n) is 6.37. The molecule has 1 aromatic rings. The van der Waals surface area contributed by atoms with Crippen molar-refractivity contribution in [3.8, 4) is 0 Å². The summed E-state index contributed by atoms with van der Waals surface area (Å²) >= 11 is 0. The quantitative estimate of drug-likeness (QED) is 0.545. The van der Waals surface area contributed by atoms with Crippen LogP contribution >= 0.6 is 0 Å². The monoisotopic (exact) mass is 282 g/mol. The standard InChI is InChI=1S/C12H18N4O4/c1-8-12(17,3-4-20-8)7-14-11-6-9(16(18)19)5-10(13-2)15-11/h5-6,8,17H,3-4,7H2,1-2H3,(H2,13,14,15). The maximum atomic E-state index is 10.8. The Balaban J connectivity index is 2.13. The predicted octanol–water partition coefficient (Wildman–Crippen LogP) is 0.983. The van der Waals surface area contributed by atoms with Gasteiger partial charge in [0.25, 0.3) is 5.69 Å². The smallest absolute Gasteiger partial charge is 0.276 e. The van der Waals surface area contributed by atoms with Gasteiger partial charge in [-0.15, -0.1) is 0 Å². The van der Waals surface area contributed by atoms with Gasteiger partial charge in [0, 0.05) is 26.6 Å². The molecule has 0 saturated carbocycles. The Kier molecular flexibility index (Phi) is 4.05. The van der Waals surface area contributed by atoms with Gasteiger partial charge in [0.2, 0.25) is 0 Å². The van der Waals surface area contributed by atoms with Crippen molar-refractivity contribution in [1.29, 1.82) is 0 Å². The summed E-state index contributed by atoms with van der Waals surface area (Å²) in [6, 6.07) is 2.69. The molecule has 1 fully saturated rings. The summed E-state index contributed by atoms with van der Waals surface area (Å²) in [4.78, 5) is 14.5. The number of nitrogens with zero attached hydrogens (tertiary/aromatic N) is 2. The maximum Gasteiger partial charge on any atom is 0.276 e. The molecule has 0 aromatic carbocycles. The summed E-state index contributed by atoms with van der Waals surface area (Å²) in [5, 5.41) is 26.9. The van der Waals surface area contributed by atoms with Crippen LogP contribution in [-0.2, 0) is 4.74 Å². The Morgan fingerprint density at radius 2 is 2.30 bits per heavy atom. The number of ether oxygens (including phenoxy) is 1. The van der Waals surface area contributed by atoms with Crippen molar-refractivity contribution in [2.75, 3.05) is 30.8 Å². The molecule has 0 amide bonds. The lowest BCUT2D eigenvalue weighted by molar-refractivity contribution is -0.384. The van der Waals surface area contributed by atoms with Crippen LogP contribution < -0.4 is 10.6 Å². The van der Waals surface area contributed by atoms with Gasteiger partial charge in [-0.3, -0.25) is 10.1 Å². The van der Waals surface area contributed by atoms with Crippen LogP contribution in [0.15, 0.2) is 12.1 Å². The zero-order chi connectivity index (χ0) is 14.8. The third kappa shape index (κ3) is 2.97. The van der Waals surface area contributed by atoms with Gasteiger partial charge in [0.15, 0.2) is 0 Å². The second-order valence-electron chi connectivity index (χ2n) is 4.82. The molecule has 2 unspecified atom stereocenters. The van der Waals surface area contributed by atoms with E-state index >= 15 is 0 Å². The van der Waals surface area contributed by atoms with Crippen LogP contribution in [0.2, 0.25) is 0 Å². The van der Waals surface area contributed by atoms with E-state index in [2.05, 4.69) is 15.6 Å². The van der Waals surface area contributed by atoms with Crippen molar-refractivity contribution in [2.45, 2.75) is 25.0 Å². The molecule has 0 aliphatic carbocycles. The van der Waals surface area contributed by atoms with Gasteiger partial charge in [-0.25, -0.2) is 4.98 Å². The van der Waals surface area contributed by atoms with Crippen LogP contribution in [0, 0.1) is 10.1 Å². The lowest BCUT2D eigenvalue weighted by atomic mass is 9.97. The molecule has 8 heteroatoms. The minimum Gasteiger partial charge on any atom is -0.385 e. The Bertz CT molecular complexity index is 510. The summed E-state index contributed by atoms with van der Waals surface area (Å²) < 4.78 is 5.33. The average Bonchev–Trinajstić information content (AvgIpc) is 2.76. The van der Waals surface area contributed by atoms with Gasteiger partial charge >= 0.3 is 0 Å². The van der Waals surface area contributed by atoms with Crippen molar-refractivity contribution in [2.24, 2.45) is 0 Å². The number of aliphatic hydroxyl groups is 1. The Morgan fingerprint density at radius 1 is 1.60 bits per heavy atom. The zero-order valence-electron chi connectivity index (χ0n) is 11.4. The van der Waals surface area contributed by atoms with Crippen molar-refractivity contribution < 1.29 is 14.8 Å². The summed E-state index contributed by atoms with van der Waals surface area (Å²) in [5.41, 5.74) is -1.04. The zero-order valence-corrected chi connectivity index (χ0v) is 11.4. The molecule has 2 heterocycles. The summed E-state index contributed by atoms with van der Waals surface area (Å²) in [6.45, 7) is 2.53. The lowest BCUT2D eigenvalue weighted by Crippen LogP contribution is -2.43. The van der Waals surface area contributed by atoms with Crippen molar-refractivity contribution in [3.05, 3.63) is 22.2 Å². The lowest BCUT2D eigenvalue weighted by Gasteiger charge is -2.26. The summed E-state index contributed by atoms with van der Waals surface area (Å²) in [6.07, 6.45) is 0.243. The van der Waals surface area contributed by atoms with Gasteiger partial charge in [-0.1, -0.05) is 0 Å². The average molecular weight is 282 g/mol. The van der Waals surface area contributed by atoms with Gasteiger partial charge in [0.05, 0.1) is 23.2 Å².